The van der Waals surface area contributed by atoms with E-state index < -0.39 is 0 Å². The first-order valence-corrected chi connectivity index (χ1v) is 7.73. The Morgan fingerprint density at radius 2 is 2.37 bits per heavy atom. The summed E-state index contributed by atoms with van der Waals surface area (Å²) in [4.78, 5) is 18.4. The van der Waals surface area contributed by atoms with E-state index in [1.54, 1.807) is 6.20 Å². The molecule has 1 saturated heterocycles. The number of nitrogens with two attached hydrogens (primary N) is 1. The van der Waals surface area contributed by atoms with Gasteiger partial charge >= 0.3 is 0 Å². The van der Waals surface area contributed by atoms with Crippen molar-refractivity contribution in [3.63, 3.8) is 0 Å². The number of amides is 1. The molecule has 0 aliphatic carbocycles. The summed E-state index contributed by atoms with van der Waals surface area (Å²) in [6, 6.07) is -0.0947. The molecule has 19 heavy (non-hydrogen) atoms. The van der Waals surface area contributed by atoms with Gasteiger partial charge in [0.05, 0.1) is 6.04 Å². The summed E-state index contributed by atoms with van der Waals surface area (Å²) in [5, 5.41) is 5.40. The van der Waals surface area contributed by atoms with Crippen LogP contribution < -0.4 is 11.1 Å². The van der Waals surface area contributed by atoms with E-state index in [4.69, 9.17) is 5.73 Å². The van der Waals surface area contributed by atoms with Crippen LogP contribution in [0.15, 0.2) is 11.6 Å². The lowest BCUT2D eigenvalue weighted by Crippen LogP contribution is -2.46. The monoisotopic (exact) mass is 282 g/mol. The predicted molar refractivity (Wildman–Crippen MR) is 78.2 cm³/mol. The van der Waals surface area contributed by atoms with Gasteiger partial charge in [-0.15, -0.1) is 11.3 Å². The molecule has 1 unspecified atom stereocenters. The number of carbonyl (C=O) groups excluding carboxylic acids is 1. The number of piperidine rings is 1. The molecule has 1 aromatic heterocycles. The highest BCUT2D eigenvalue weighted by Crippen LogP contribution is 2.22. The minimum absolute atomic E-state index is 0.0345. The Morgan fingerprint density at radius 1 is 1.63 bits per heavy atom. The molecular formula is C13H22N4OS. The number of likely N-dealkylation sites (tertiary alicyclic amines) is 1. The maximum Gasteiger partial charge on any atom is 0.243 e. The van der Waals surface area contributed by atoms with Crippen molar-refractivity contribution in [2.45, 2.75) is 32.2 Å². The first kappa shape index (κ1) is 14.4. The Balaban J connectivity index is 1.80. The Hall–Kier alpha value is -0.980. The van der Waals surface area contributed by atoms with E-state index in [9.17, 15) is 4.79 Å². The van der Waals surface area contributed by atoms with Crippen LogP contribution in [0.25, 0.3) is 0 Å². The smallest absolute Gasteiger partial charge is 0.243 e. The third-order valence-electron chi connectivity index (χ3n) is 3.81. The highest BCUT2D eigenvalue weighted by atomic mass is 32.1. The number of anilines is 1. The van der Waals surface area contributed by atoms with E-state index in [2.05, 4.69) is 15.2 Å². The highest BCUT2D eigenvalue weighted by Gasteiger charge is 2.26. The van der Waals surface area contributed by atoms with Crippen LogP contribution in [0.2, 0.25) is 0 Å². The van der Waals surface area contributed by atoms with Crippen LogP contribution in [0.3, 0.4) is 0 Å². The molecule has 1 aliphatic heterocycles. The topological polar surface area (TPSA) is 71.2 Å². The van der Waals surface area contributed by atoms with Crippen molar-refractivity contribution >= 4 is 22.4 Å². The summed E-state index contributed by atoms with van der Waals surface area (Å²) in [6.45, 7) is 4.70. The second-order valence-corrected chi connectivity index (χ2v) is 5.95. The first-order valence-electron chi connectivity index (χ1n) is 6.85. The van der Waals surface area contributed by atoms with Crippen LogP contribution in [0.1, 0.15) is 26.2 Å². The quantitative estimate of drug-likeness (QED) is 0.859. The number of carbonyl (C=O) groups is 1. The lowest BCUT2D eigenvalue weighted by Gasteiger charge is -2.35. The van der Waals surface area contributed by atoms with Gasteiger partial charge in [-0.1, -0.05) is 0 Å². The predicted octanol–water partition coefficient (Wildman–Crippen LogP) is 1.53. The minimum atomic E-state index is -0.0947. The fourth-order valence-corrected chi connectivity index (χ4v) is 3.06. The van der Waals surface area contributed by atoms with E-state index >= 15 is 0 Å². The van der Waals surface area contributed by atoms with Gasteiger partial charge in [-0.3, -0.25) is 9.69 Å². The third kappa shape index (κ3) is 3.99. The van der Waals surface area contributed by atoms with Crippen LogP contribution in [0, 0.1) is 5.92 Å². The standard InChI is InChI=1S/C13H22N4OS/c1-10(12(18)16-13-15-6-9-19-13)17-7-3-11(2-5-14)4-8-17/h6,9-11H,2-5,7-8,14H2,1H3,(H,15,16,18). The number of thiazole rings is 1. The minimum Gasteiger partial charge on any atom is -0.330 e. The van der Waals surface area contributed by atoms with Gasteiger partial charge in [-0.2, -0.15) is 0 Å². The zero-order valence-corrected chi connectivity index (χ0v) is 12.2. The molecular weight excluding hydrogens is 260 g/mol. The van der Waals surface area contributed by atoms with E-state index in [1.165, 1.54) is 11.3 Å². The number of nitrogens with one attached hydrogen (secondary N) is 1. The summed E-state index contributed by atoms with van der Waals surface area (Å²) in [5.74, 6) is 0.766. The largest absolute Gasteiger partial charge is 0.330 e. The zero-order valence-electron chi connectivity index (χ0n) is 11.3. The Labute approximate surface area is 118 Å². The maximum absolute atomic E-state index is 12.1. The average molecular weight is 282 g/mol. The Morgan fingerprint density at radius 3 is 2.95 bits per heavy atom. The van der Waals surface area contributed by atoms with Crippen molar-refractivity contribution in [3.05, 3.63) is 11.6 Å². The summed E-state index contributed by atoms with van der Waals surface area (Å²) >= 11 is 1.45. The third-order valence-corrected chi connectivity index (χ3v) is 4.50. The van der Waals surface area contributed by atoms with Gasteiger partial charge < -0.3 is 11.1 Å². The van der Waals surface area contributed by atoms with Crippen molar-refractivity contribution in [1.29, 1.82) is 0 Å². The molecule has 1 aromatic rings. The number of rotatable bonds is 5. The summed E-state index contributed by atoms with van der Waals surface area (Å²) in [7, 11) is 0. The van der Waals surface area contributed by atoms with Gasteiger partial charge in [0.15, 0.2) is 5.13 Å². The molecule has 0 radical (unpaired) electrons. The van der Waals surface area contributed by atoms with Crippen molar-refractivity contribution in [3.8, 4) is 0 Å². The molecule has 0 aromatic carbocycles. The molecule has 0 bridgehead atoms. The van der Waals surface area contributed by atoms with Crippen LogP contribution in [0.4, 0.5) is 5.13 Å². The van der Waals surface area contributed by atoms with Crippen molar-refractivity contribution in [2.75, 3.05) is 25.0 Å². The SMILES string of the molecule is CC(C(=O)Nc1nccs1)N1CCC(CCN)CC1. The zero-order chi connectivity index (χ0) is 13.7. The lowest BCUT2D eigenvalue weighted by atomic mass is 9.93. The van der Waals surface area contributed by atoms with Crippen molar-refractivity contribution < 1.29 is 4.79 Å². The van der Waals surface area contributed by atoms with Crippen molar-refractivity contribution in [1.82, 2.24) is 9.88 Å². The van der Waals surface area contributed by atoms with Crippen LogP contribution in [-0.4, -0.2) is 41.5 Å². The van der Waals surface area contributed by atoms with Gasteiger partial charge in [0.2, 0.25) is 5.91 Å². The summed E-state index contributed by atoms with van der Waals surface area (Å²) in [5.41, 5.74) is 5.59. The maximum atomic E-state index is 12.1. The molecule has 5 nitrogen and oxygen atoms in total. The number of hydrogen-bond acceptors (Lipinski definition) is 5. The van der Waals surface area contributed by atoms with Crippen LogP contribution >= 0.6 is 11.3 Å². The van der Waals surface area contributed by atoms with Crippen molar-refractivity contribution in [2.24, 2.45) is 11.7 Å². The van der Waals surface area contributed by atoms with E-state index in [0.29, 0.717) is 5.13 Å². The Bertz CT molecular complexity index is 387. The molecule has 2 heterocycles. The summed E-state index contributed by atoms with van der Waals surface area (Å²) in [6.07, 6.45) is 5.09. The lowest BCUT2D eigenvalue weighted by molar-refractivity contribution is -0.121. The fraction of sp³-hybridized carbons (Fsp3) is 0.692. The summed E-state index contributed by atoms with van der Waals surface area (Å²) < 4.78 is 0. The number of hydrogen-bond donors (Lipinski definition) is 2. The fourth-order valence-electron chi connectivity index (χ4n) is 2.53. The molecule has 1 amide bonds. The van der Waals surface area contributed by atoms with Crippen LogP contribution in [0.5, 0.6) is 0 Å². The van der Waals surface area contributed by atoms with E-state index in [0.717, 1.165) is 44.8 Å². The molecule has 2 rings (SSSR count). The van der Waals surface area contributed by atoms with E-state index in [1.807, 2.05) is 12.3 Å². The normalized spacial score (nSPS) is 19.3. The Kier molecular flexibility index (Phi) is 5.30. The second-order valence-electron chi connectivity index (χ2n) is 5.06. The number of aromatic nitrogens is 1. The molecule has 0 saturated carbocycles. The van der Waals surface area contributed by atoms with Gasteiger partial charge in [-0.05, 0) is 51.7 Å². The van der Waals surface area contributed by atoms with Crippen LogP contribution in [-0.2, 0) is 4.79 Å². The molecule has 1 fully saturated rings. The molecule has 6 heteroatoms. The highest BCUT2D eigenvalue weighted by molar-refractivity contribution is 7.13. The molecule has 0 spiro atoms. The van der Waals surface area contributed by atoms with Gasteiger partial charge in [0, 0.05) is 11.6 Å². The molecule has 1 atom stereocenters. The van der Waals surface area contributed by atoms with Gasteiger partial charge in [0.1, 0.15) is 0 Å². The van der Waals surface area contributed by atoms with E-state index in [-0.39, 0.29) is 11.9 Å². The molecule has 1 aliphatic rings. The average Bonchev–Trinajstić information content (AvgIpc) is 2.92. The van der Waals surface area contributed by atoms with Gasteiger partial charge in [0.25, 0.3) is 0 Å². The van der Waals surface area contributed by atoms with Gasteiger partial charge in [-0.25, -0.2) is 4.98 Å². The molecule has 106 valence electrons. The number of nitrogens with zero attached hydrogens (tertiary/aromatic N) is 2. The second kappa shape index (κ2) is 6.98. The molecule has 3 N–H and O–H groups in total. The first-order chi connectivity index (χ1) is 9.20.